The van der Waals surface area contributed by atoms with E-state index in [0.717, 1.165) is 12.0 Å². The summed E-state index contributed by atoms with van der Waals surface area (Å²) < 4.78 is 0. The van der Waals surface area contributed by atoms with Gasteiger partial charge in [0.05, 0.1) is 0 Å². The Balaban J connectivity index is 2.06. The van der Waals surface area contributed by atoms with Gasteiger partial charge in [-0.2, -0.15) is 0 Å². The first-order chi connectivity index (χ1) is 7.75. The fraction of sp³-hybridized carbons (Fsp3) is 0.214. The summed E-state index contributed by atoms with van der Waals surface area (Å²) in [4.78, 5) is 14.3. The van der Waals surface area contributed by atoms with Crippen molar-refractivity contribution in [1.29, 1.82) is 0 Å². The average molecular weight is 228 g/mol. The van der Waals surface area contributed by atoms with Crippen molar-refractivity contribution < 1.29 is 4.79 Å². The molecule has 0 bridgehead atoms. The van der Waals surface area contributed by atoms with Gasteiger partial charge in [0.25, 0.3) is 0 Å². The summed E-state index contributed by atoms with van der Waals surface area (Å²) in [6.45, 7) is 2.01. The second-order valence-electron chi connectivity index (χ2n) is 4.28. The number of carbonyl (C=O) groups excluding carboxylic acids is 1. The molecule has 1 heterocycles. The van der Waals surface area contributed by atoms with Crippen LogP contribution in [0.4, 0.5) is 0 Å². The van der Waals surface area contributed by atoms with Crippen LogP contribution in [-0.4, -0.2) is 5.78 Å². The summed E-state index contributed by atoms with van der Waals surface area (Å²) >= 11 is 1.76. The summed E-state index contributed by atoms with van der Waals surface area (Å²) in [5, 5.41) is 0. The molecule has 1 aliphatic carbocycles. The normalized spacial score (nSPS) is 18.8. The van der Waals surface area contributed by atoms with Crippen LogP contribution < -0.4 is 0 Å². The summed E-state index contributed by atoms with van der Waals surface area (Å²) in [6.07, 6.45) is 0.922. The van der Waals surface area contributed by atoms with E-state index in [2.05, 4.69) is 18.2 Å². The predicted octanol–water partition coefficient (Wildman–Crippen LogP) is 3.79. The Morgan fingerprint density at radius 1 is 1.25 bits per heavy atom. The van der Waals surface area contributed by atoms with Gasteiger partial charge in [-0.1, -0.05) is 37.3 Å². The van der Waals surface area contributed by atoms with Gasteiger partial charge in [-0.25, -0.2) is 0 Å². The van der Waals surface area contributed by atoms with Crippen LogP contribution >= 0.6 is 11.3 Å². The lowest BCUT2D eigenvalue weighted by molar-refractivity contribution is 0.0946. The van der Waals surface area contributed by atoms with E-state index in [0.29, 0.717) is 5.78 Å². The SMILES string of the molecule is C[C@H]1Cc2sc(-c3ccccc3)cc2C1=O. The molecule has 0 fully saturated rings. The van der Waals surface area contributed by atoms with Crippen LogP contribution in [-0.2, 0) is 6.42 Å². The van der Waals surface area contributed by atoms with E-state index in [1.54, 1.807) is 11.3 Å². The van der Waals surface area contributed by atoms with Gasteiger partial charge in [-0.15, -0.1) is 11.3 Å². The van der Waals surface area contributed by atoms with E-state index in [4.69, 9.17) is 0 Å². The highest BCUT2D eigenvalue weighted by molar-refractivity contribution is 7.16. The van der Waals surface area contributed by atoms with Crippen molar-refractivity contribution in [2.75, 3.05) is 0 Å². The molecule has 1 atom stereocenters. The minimum absolute atomic E-state index is 0.186. The molecule has 0 saturated carbocycles. The average Bonchev–Trinajstić information content (AvgIpc) is 2.82. The number of fused-ring (bicyclic) bond motifs is 1. The van der Waals surface area contributed by atoms with Crippen LogP contribution in [0.15, 0.2) is 36.4 Å². The third kappa shape index (κ3) is 1.41. The summed E-state index contributed by atoms with van der Waals surface area (Å²) in [6, 6.07) is 12.3. The lowest BCUT2D eigenvalue weighted by atomic mass is 10.1. The van der Waals surface area contributed by atoms with Gasteiger partial charge in [0, 0.05) is 21.2 Å². The largest absolute Gasteiger partial charge is 0.294 e. The van der Waals surface area contributed by atoms with Gasteiger partial charge < -0.3 is 0 Å². The van der Waals surface area contributed by atoms with E-state index >= 15 is 0 Å². The highest BCUT2D eigenvalue weighted by atomic mass is 32.1. The van der Waals surface area contributed by atoms with Crippen LogP contribution in [0.25, 0.3) is 10.4 Å². The molecular weight excluding hydrogens is 216 g/mol. The van der Waals surface area contributed by atoms with E-state index in [1.165, 1.54) is 15.3 Å². The molecule has 2 aromatic rings. The van der Waals surface area contributed by atoms with Crippen molar-refractivity contribution >= 4 is 17.1 Å². The van der Waals surface area contributed by atoms with Crippen molar-refractivity contribution in [2.24, 2.45) is 5.92 Å². The molecule has 0 amide bonds. The number of hydrogen-bond donors (Lipinski definition) is 0. The Kier molecular flexibility index (Phi) is 2.18. The predicted molar refractivity (Wildman–Crippen MR) is 67.0 cm³/mol. The summed E-state index contributed by atoms with van der Waals surface area (Å²) in [5.74, 6) is 0.500. The zero-order valence-electron chi connectivity index (χ0n) is 9.07. The van der Waals surface area contributed by atoms with Crippen molar-refractivity contribution in [3.05, 3.63) is 46.8 Å². The maximum atomic E-state index is 11.8. The van der Waals surface area contributed by atoms with E-state index in [1.807, 2.05) is 25.1 Å². The van der Waals surface area contributed by atoms with Crippen LogP contribution in [0.1, 0.15) is 22.2 Å². The number of Topliss-reactive ketones (excluding diaryl/α,β-unsaturated/α-hetero) is 1. The van der Waals surface area contributed by atoms with Crippen LogP contribution in [0, 0.1) is 5.92 Å². The Morgan fingerprint density at radius 3 is 2.69 bits per heavy atom. The first-order valence-electron chi connectivity index (χ1n) is 5.48. The van der Waals surface area contributed by atoms with E-state index in [9.17, 15) is 4.79 Å². The van der Waals surface area contributed by atoms with Crippen molar-refractivity contribution in [3.63, 3.8) is 0 Å². The number of ketones is 1. The molecule has 1 nitrogen and oxygen atoms in total. The van der Waals surface area contributed by atoms with Crippen molar-refractivity contribution in [2.45, 2.75) is 13.3 Å². The monoisotopic (exact) mass is 228 g/mol. The number of benzene rings is 1. The third-order valence-electron chi connectivity index (χ3n) is 3.07. The zero-order valence-corrected chi connectivity index (χ0v) is 9.88. The molecule has 0 unspecified atom stereocenters. The third-order valence-corrected chi connectivity index (χ3v) is 4.28. The fourth-order valence-electron chi connectivity index (χ4n) is 2.17. The first-order valence-corrected chi connectivity index (χ1v) is 6.29. The standard InChI is InChI=1S/C14H12OS/c1-9-7-13-11(14(9)15)8-12(16-13)10-5-3-2-4-6-10/h2-6,8-9H,7H2,1H3/t9-/m0/s1. The molecule has 0 saturated heterocycles. The molecule has 80 valence electrons. The molecule has 0 spiro atoms. The Morgan fingerprint density at radius 2 is 2.00 bits per heavy atom. The molecule has 1 aromatic carbocycles. The van der Waals surface area contributed by atoms with Gasteiger partial charge in [-0.3, -0.25) is 4.79 Å². The molecule has 0 aliphatic heterocycles. The van der Waals surface area contributed by atoms with Crippen LogP contribution in [0.5, 0.6) is 0 Å². The minimum atomic E-state index is 0.186. The number of carbonyl (C=O) groups is 1. The quantitative estimate of drug-likeness (QED) is 0.725. The lowest BCUT2D eigenvalue weighted by Crippen LogP contribution is -2.02. The van der Waals surface area contributed by atoms with Gasteiger partial charge in [-0.05, 0) is 18.1 Å². The smallest absolute Gasteiger partial charge is 0.167 e. The highest BCUT2D eigenvalue weighted by Gasteiger charge is 2.29. The van der Waals surface area contributed by atoms with Crippen LogP contribution in [0.2, 0.25) is 0 Å². The van der Waals surface area contributed by atoms with Gasteiger partial charge in [0.15, 0.2) is 5.78 Å². The van der Waals surface area contributed by atoms with E-state index < -0.39 is 0 Å². The summed E-state index contributed by atoms with van der Waals surface area (Å²) in [5.41, 5.74) is 2.17. The minimum Gasteiger partial charge on any atom is -0.294 e. The molecule has 16 heavy (non-hydrogen) atoms. The fourth-order valence-corrected chi connectivity index (χ4v) is 3.47. The molecule has 0 radical (unpaired) electrons. The Labute approximate surface area is 98.7 Å². The summed E-state index contributed by atoms with van der Waals surface area (Å²) in [7, 11) is 0. The highest BCUT2D eigenvalue weighted by Crippen LogP contribution is 2.38. The van der Waals surface area contributed by atoms with Crippen molar-refractivity contribution in [3.8, 4) is 10.4 Å². The Hall–Kier alpha value is -1.41. The van der Waals surface area contributed by atoms with Gasteiger partial charge in [0.1, 0.15) is 0 Å². The molecule has 2 heteroatoms. The number of thiophene rings is 1. The van der Waals surface area contributed by atoms with Crippen LogP contribution in [0.3, 0.4) is 0 Å². The first kappa shape index (κ1) is 9.79. The maximum absolute atomic E-state index is 11.8. The Bertz CT molecular complexity index is 539. The topological polar surface area (TPSA) is 17.1 Å². The lowest BCUT2D eigenvalue weighted by Gasteiger charge is -1.98. The van der Waals surface area contributed by atoms with Gasteiger partial charge >= 0.3 is 0 Å². The number of rotatable bonds is 1. The molecule has 0 N–H and O–H groups in total. The molecule has 1 aliphatic rings. The second-order valence-corrected chi connectivity index (χ2v) is 5.42. The second kappa shape index (κ2) is 3.56. The van der Waals surface area contributed by atoms with E-state index in [-0.39, 0.29) is 5.92 Å². The van der Waals surface area contributed by atoms with Gasteiger partial charge in [0.2, 0.25) is 0 Å². The maximum Gasteiger partial charge on any atom is 0.167 e. The molecule has 3 rings (SSSR count). The molecular formula is C14H12OS. The van der Waals surface area contributed by atoms with Crippen molar-refractivity contribution in [1.82, 2.24) is 0 Å². The zero-order chi connectivity index (χ0) is 11.1. The molecule has 1 aromatic heterocycles. The number of hydrogen-bond acceptors (Lipinski definition) is 2.